The summed E-state index contributed by atoms with van der Waals surface area (Å²) in [6.07, 6.45) is 1.17. The van der Waals surface area contributed by atoms with Crippen LogP contribution in [0, 0.1) is 11.3 Å². The Kier molecular flexibility index (Phi) is 5.31. The molecule has 0 amide bonds. The molecule has 0 saturated heterocycles. The number of nitrogens with zero attached hydrogens (tertiary/aromatic N) is 5. The molecular weight excluding hydrogens is 355 g/mol. The summed E-state index contributed by atoms with van der Waals surface area (Å²) in [6.45, 7) is 2.95. The number of hydrazone groups is 1. The SMILES string of the molecule is CCN(c1ccc(C#N)c(C(F)(F)F)c1)C1CC=NN(c2cccnc2)C1. The zero-order chi connectivity index (χ0) is 19.4. The number of alkyl halides is 3. The van der Waals surface area contributed by atoms with Crippen LogP contribution in [0.15, 0.2) is 47.8 Å². The van der Waals surface area contributed by atoms with Gasteiger partial charge < -0.3 is 4.90 Å². The van der Waals surface area contributed by atoms with Crippen molar-refractivity contribution in [3.63, 3.8) is 0 Å². The summed E-state index contributed by atoms with van der Waals surface area (Å²) >= 11 is 0. The second-order valence-corrected chi connectivity index (χ2v) is 6.11. The van der Waals surface area contributed by atoms with E-state index in [1.807, 2.05) is 24.0 Å². The van der Waals surface area contributed by atoms with Gasteiger partial charge in [0.2, 0.25) is 0 Å². The van der Waals surface area contributed by atoms with Gasteiger partial charge in [-0.1, -0.05) is 0 Å². The van der Waals surface area contributed by atoms with Crippen molar-refractivity contribution in [1.29, 1.82) is 5.26 Å². The Morgan fingerprint density at radius 1 is 1.33 bits per heavy atom. The molecule has 2 heterocycles. The van der Waals surface area contributed by atoms with Crippen molar-refractivity contribution in [2.45, 2.75) is 25.6 Å². The second-order valence-electron chi connectivity index (χ2n) is 6.11. The minimum atomic E-state index is -4.57. The maximum atomic E-state index is 13.3. The molecule has 140 valence electrons. The summed E-state index contributed by atoms with van der Waals surface area (Å²) in [5.41, 5.74) is -0.0142. The predicted molar refractivity (Wildman–Crippen MR) is 97.7 cm³/mol. The van der Waals surface area contributed by atoms with Crippen molar-refractivity contribution in [2.24, 2.45) is 5.10 Å². The van der Waals surface area contributed by atoms with Gasteiger partial charge in [0.25, 0.3) is 0 Å². The molecule has 0 fully saturated rings. The van der Waals surface area contributed by atoms with Crippen LogP contribution in [-0.2, 0) is 6.18 Å². The zero-order valence-corrected chi connectivity index (χ0v) is 14.7. The van der Waals surface area contributed by atoms with E-state index in [0.29, 0.717) is 25.2 Å². The van der Waals surface area contributed by atoms with Crippen molar-refractivity contribution >= 4 is 17.6 Å². The summed E-state index contributed by atoms with van der Waals surface area (Å²) in [6, 6.07) is 9.11. The molecule has 3 rings (SSSR count). The lowest BCUT2D eigenvalue weighted by molar-refractivity contribution is -0.137. The first kappa shape index (κ1) is 18.7. The molecule has 0 saturated carbocycles. The number of pyridine rings is 1. The van der Waals surface area contributed by atoms with E-state index in [0.717, 1.165) is 11.8 Å². The normalized spacial score (nSPS) is 16.9. The number of rotatable bonds is 4. The monoisotopic (exact) mass is 373 g/mol. The summed E-state index contributed by atoms with van der Waals surface area (Å²) in [4.78, 5) is 5.99. The lowest BCUT2D eigenvalue weighted by Crippen LogP contribution is -2.45. The fraction of sp³-hybridized carbons (Fsp3) is 0.316. The quantitative estimate of drug-likeness (QED) is 0.811. The fourth-order valence-electron chi connectivity index (χ4n) is 3.19. The molecule has 1 unspecified atom stereocenters. The lowest BCUT2D eigenvalue weighted by atomic mass is 10.0. The smallest absolute Gasteiger partial charge is 0.367 e. The number of aromatic nitrogens is 1. The molecule has 8 heteroatoms. The van der Waals surface area contributed by atoms with Crippen molar-refractivity contribution in [3.05, 3.63) is 53.9 Å². The van der Waals surface area contributed by atoms with Gasteiger partial charge in [0.05, 0.1) is 41.7 Å². The second kappa shape index (κ2) is 7.66. The molecule has 2 aromatic rings. The zero-order valence-electron chi connectivity index (χ0n) is 14.7. The number of hydrogen-bond donors (Lipinski definition) is 0. The van der Waals surface area contributed by atoms with E-state index in [1.165, 1.54) is 6.07 Å². The van der Waals surface area contributed by atoms with Crippen LogP contribution in [0.2, 0.25) is 0 Å². The third kappa shape index (κ3) is 4.03. The number of halogens is 3. The summed E-state index contributed by atoms with van der Waals surface area (Å²) in [7, 11) is 0. The van der Waals surface area contributed by atoms with Crippen LogP contribution in [0.1, 0.15) is 24.5 Å². The maximum absolute atomic E-state index is 13.3. The molecule has 5 nitrogen and oxygen atoms in total. The number of anilines is 2. The summed E-state index contributed by atoms with van der Waals surface area (Å²) < 4.78 is 39.9. The standard InChI is InChI=1S/C19H18F3N5/c1-2-26(15-6-5-14(11-23)18(10-15)19(20,21)22)17-7-9-25-27(13-17)16-4-3-8-24-12-16/h3-6,8-10,12,17H,2,7,13H2,1H3. The van der Waals surface area contributed by atoms with Gasteiger partial charge in [-0.2, -0.15) is 23.5 Å². The Hall–Kier alpha value is -3.08. The highest BCUT2D eigenvalue weighted by molar-refractivity contribution is 5.65. The van der Waals surface area contributed by atoms with E-state index in [1.54, 1.807) is 35.8 Å². The topological polar surface area (TPSA) is 55.5 Å². The van der Waals surface area contributed by atoms with Gasteiger partial charge in [0, 0.05) is 31.1 Å². The molecule has 1 aliphatic rings. The van der Waals surface area contributed by atoms with Crippen LogP contribution >= 0.6 is 0 Å². The molecule has 1 aromatic heterocycles. The number of hydrogen-bond acceptors (Lipinski definition) is 5. The van der Waals surface area contributed by atoms with E-state index in [-0.39, 0.29) is 11.6 Å². The Morgan fingerprint density at radius 3 is 2.78 bits per heavy atom. The molecule has 1 aliphatic heterocycles. The third-order valence-corrected chi connectivity index (χ3v) is 4.47. The van der Waals surface area contributed by atoms with Crippen molar-refractivity contribution < 1.29 is 13.2 Å². The van der Waals surface area contributed by atoms with Gasteiger partial charge in [-0.15, -0.1) is 0 Å². The van der Waals surface area contributed by atoms with Gasteiger partial charge in [-0.3, -0.25) is 9.99 Å². The number of nitriles is 1. The van der Waals surface area contributed by atoms with E-state index < -0.39 is 11.7 Å². The van der Waals surface area contributed by atoms with Crippen molar-refractivity contribution in [3.8, 4) is 6.07 Å². The van der Waals surface area contributed by atoms with Crippen molar-refractivity contribution in [2.75, 3.05) is 23.0 Å². The van der Waals surface area contributed by atoms with Crippen LogP contribution in [0.25, 0.3) is 0 Å². The molecule has 0 N–H and O–H groups in total. The van der Waals surface area contributed by atoms with Crippen LogP contribution in [0.5, 0.6) is 0 Å². The van der Waals surface area contributed by atoms with Crippen LogP contribution in [0.3, 0.4) is 0 Å². The average Bonchev–Trinajstić information content (AvgIpc) is 2.69. The van der Waals surface area contributed by atoms with Crippen molar-refractivity contribution in [1.82, 2.24) is 4.98 Å². The molecule has 0 aliphatic carbocycles. The molecule has 27 heavy (non-hydrogen) atoms. The van der Waals surface area contributed by atoms with Crippen LogP contribution < -0.4 is 9.91 Å². The summed E-state index contributed by atoms with van der Waals surface area (Å²) in [5, 5.41) is 15.1. The molecule has 0 bridgehead atoms. The molecule has 0 radical (unpaired) electrons. The Morgan fingerprint density at radius 2 is 2.15 bits per heavy atom. The first-order valence-electron chi connectivity index (χ1n) is 8.52. The maximum Gasteiger partial charge on any atom is 0.417 e. The number of likely N-dealkylation sites (N-methyl/N-ethyl adjacent to an activating group) is 1. The minimum absolute atomic E-state index is 0.0540. The van der Waals surface area contributed by atoms with Gasteiger partial charge in [-0.25, -0.2) is 0 Å². The van der Waals surface area contributed by atoms with Crippen LogP contribution in [-0.4, -0.2) is 30.3 Å². The Bertz CT molecular complexity index is 858. The predicted octanol–water partition coefficient (Wildman–Crippen LogP) is 4.06. The van der Waals surface area contributed by atoms with E-state index in [2.05, 4.69) is 10.1 Å². The highest BCUT2D eigenvalue weighted by atomic mass is 19.4. The average molecular weight is 373 g/mol. The Labute approximate surface area is 155 Å². The lowest BCUT2D eigenvalue weighted by Gasteiger charge is -2.37. The number of benzene rings is 1. The summed E-state index contributed by atoms with van der Waals surface area (Å²) in [5.74, 6) is 0. The van der Waals surface area contributed by atoms with Gasteiger partial charge >= 0.3 is 6.18 Å². The first-order valence-corrected chi connectivity index (χ1v) is 8.52. The van der Waals surface area contributed by atoms with Gasteiger partial charge in [-0.05, 0) is 37.3 Å². The first-order chi connectivity index (χ1) is 12.9. The third-order valence-electron chi connectivity index (χ3n) is 4.47. The highest BCUT2D eigenvalue weighted by Gasteiger charge is 2.35. The fourth-order valence-corrected chi connectivity index (χ4v) is 3.19. The molecule has 1 aromatic carbocycles. The van der Waals surface area contributed by atoms with E-state index >= 15 is 0 Å². The van der Waals surface area contributed by atoms with Crippen LogP contribution in [0.4, 0.5) is 24.5 Å². The minimum Gasteiger partial charge on any atom is -0.367 e. The molecular formula is C19H18F3N5. The van der Waals surface area contributed by atoms with E-state index in [9.17, 15) is 13.2 Å². The van der Waals surface area contributed by atoms with Gasteiger partial charge in [0.15, 0.2) is 0 Å². The molecule has 0 spiro atoms. The van der Waals surface area contributed by atoms with E-state index in [4.69, 9.17) is 5.26 Å². The van der Waals surface area contributed by atoms with Gasteiger partial charge in [0.1, 0.15) is 0 Å². The highest BCUT2D eigenvalue weighted by Crippen LogP contribution is 2.35. The largest absolute Gasteiger partial charge is 0.417 e. The molecule has 1 atom stereocenters. The Balaban J connectivity index is 1.89.